The lowest BCUT2D eigenvalue weighted by molar-refractivity contribution is 0.300. The summed E-state index contributed by atoms with van der Waals surface area (Å²) in [6.07, 6.45) is -0.668. The summed E-state index contributed by atoms with van der Waals surface area (Å²) in [4.78, 5) is 17.7. The third-order valence-electron chi connectivity index (χ3n) is 3.15. The second-order valence-corrected chi connectivity index (χ2v) is 8.26. The number of halogens is 1. The zero-order valence-electron chi connectivity index (χ0n) is 13.1. The van der Waals surface area contributed by atoms with Gasteiger partial charge in [0.1, 0.15) is 23.0 Å². The third kappa shape index (κ3) is 5.37. The highest BCUT2D eigenvalue weighted by Crippen LogP contribution is 2.37. The average Bonchev–Trinajstić information content (AvgIpc) is 2.48. The molecule has 2 rings (SSSR count). The first kappa shape index (κ1) is 19.1. The fourth-order valence-corrected chi connectivity index (χ4v) is 2.91. The first-order valence-electron chi connectivity index (χ1n) is 7.13. The Kier molecular flexibility index (Phi) is 6.14. The first-order valence-corrected chi connectivity index (χ1v) is 10.0. The summed E-state index contributed by atoms with van der Waals surface area (Å²) in [7, 11) is -4.21. The molecule has 0 amide bonds. The molecule has 0 aliphatic carbocycles. The molecule has 0 heterocycles. The number of rotatable bonds is 6. The lowest BCUT2D eigenvalue weighted by Gasteiger charge is -2.13. The third-order valence-corrected chi connectivity index (χ3v) is 4.46. The van der Waals surface area contributed by atoms with Gasteiger partial charge in [-0.2, -0.15) is 0 Å². The fraction of sp³-hybridized carbons (Fsp3) is 0.250. The number of phenols is 1. The Morgan fingerprint density at radius 3 is 2.38 bits per heavy atom. The quantitative estimate of drug-likeness (QED) is 0.433. The van der Waals surface area contributed by atoms with Crippen LogP contribution in [0, 0.1) is 3.57 Å². The molecule has 0 saturated carbocycles. The minimum absolute atomic E-state index is 0.163. The maximum atomic E-state index is 10.8. The normalized spacial score (nSPS) is 11.6. The van der Waals surface area contributed by atoms with Crippen molar-refractivity contribution in [3.05, 3.63) is 45.5 Å². The van der Waals surface area contributed by atoms with Gasteiger partial charge in [0, 0.05) is 5.56 Å². The van der Waals surface area contributed by atoms with Crippen LogP contribution in [0.4, 0.5) is 0 Å². The SMILES string of the molecule is CC(C)c1cc(Oc2ccc(OCP(=O)(O)O)cc2I)ccc1O. The van der Waals surface area contributed by atoms with Crippen LogP contribution in [0.3, 0.4) is 0 Å². The van der Waals surface area contributed by atoms with E-state index < -0.39 is 13.9 Å². The van der Waals surface area contributed by atoms with Gasteiger partial charge in [0.05, 0.1) is 3.57 Å². The molecule has 0 bridgehead atoms. The molecular formula is C16H18IO6P. The van der Waals surface area contributed by atoms with E-state index in [1.165, 1.54) is 0 Å². The van der Waals surface area contributed by atoms with Gasteiger partial charge in [-0.3, -0.25) is 4.57 Å². The van der Waals surface area contributed by atoms with Crippen LogP contribution in [0.2, 0.25) is 0 Å². The monoisotopic (exact) mass is 464 g/mol. The van der Waals surface area contributed by atoms with Crippen LogP contribution in [0.25, 0.3) is 0 Å². The Labute approximate surface area is 153 Å². The summed E-state index contributed by atoms with van der Waals surface area (Å²) < 4.78 is 22.5. The smallest absolute Gasteiger partial charge is 0.362 e. The molecule has 0 spiro atoms. The van der Waals surface area contributed by atoms with Crippen molar-refractivity contribution in [2.24, 2.45) is 0 Å². The molecule has 0 aliphatic heterocycles. The number of aromatic hydroxyl groups is 1. The van der Waals surface area contributed by atoms with Crippen LogP contribution in [0.1, 0.15) is 25.3 Å². The van der Waals surface area contributed by atoms with Gasteiger partial charge in [-0.25, -0.2) is 0 Å². The lowest BCUT2D eigenvalue weighted by atomic mass is 10.0. The standard InChI is InChI=1S/C16H18IO6P/c1-10(2)13-7-12(3-5-15(13)18)23-16-6-4-11(8-14(16)17)22-9-24(19,20)21/h3-8,10,18H,9H2,1-2H3,(H2,19,20,21). The summed E-state index contributed by atoms with van der Waals surface area (Å²) in [6, 6.07) is 9.93. The molecule has 6 nitrogen and oxygen atoms in total. The predicted molar refractivity (Wildman–Crippen MR) is 99.0 cm³/mol. The van der Waals surface area contributed by atoms with E-state index in [-0.39, 0.29) is 11.7 Å². The highest BCUT2D eigenvalue weighted by atomic mass is 127. The Morgan fingerprint density at radius 2 is 1.79 bits per heavy atom. The predicted octanol–water partition coefficient (Wildman–Crippen LogP) is 4.43. The van der Waals surface area contributed by atoms with Crippen LogP contribution < -0.4 is 9.47 Å². The molecule has 3 N–H and O–H groups in total. The second-order valence-electron chi connectivity index (χ2n) is 5.51. The Hall–Kier alpha value is -1.28. The van der Waals surface area contributed by atoms with E-state index in [4.69, 9.17) is 19.3 Å². The number of hydrogen-bond donors (Lipinski definition) is 3. The number of hydrogen-bond acceptors (Lipinski definition) is 4. The molecule has 0 fully saturated rings. The van der Waals surface area contributed by atoms with Gasteiger partial charge < -0.3 is 24.4 Å². The van der Waals surface area contributed by atoms with Crippen LogP contribution in [-0.2, 0) is 4.57 Å². The van der Waals surface area contributed by atoms with Crippen LogP contribution >= 0.6 is 30.2 Å². The summed E-state index contributed by atoms with van der Waals surface area (Å²) in [5, 5.41) is 9.85. The van der Waals surface area contributed by atoms with E-state index in [9.17, 15) is 9.67 Å². The molecule has 0 aromatic heterocycles. The molecule has 0 radical (unpaired) electrons. The first-order chi connectivity index (χ1) is 11.2. The molecular weight excluding hydrogens is 446 g/mol. The maximum Gasteiger partial charge on any atom is 0.362 e. The molecule has 130 valence electrons. The molecule has 0 aliphatic rings. The molecule has 2 aromatic carbocycles. The van der Waals surface area contributed by atoms with Crippen molar-refractivity contribution in [1.29, 1.82) is 0 Å². The van der Waals surface area contributed by atoms with Gasteiger partial charge in [0.15, 0.2) is 6.35 Å². The second kappa shape index (κ2) is 7.74. The molecule has 0 saturated heterocycles. The van der Waals surface area contributed by atoms with E-state index in [0.29, 0.717) is 17.2 Å². The zero-order valence-corrected chi connectivity index (χ0v) is 16.2. The van der Waals surface area contributed by atoms with E-state index in [1.807, 2.05) is 13.8 Å². The lowest BCUT2D eigenvalue weighted by Crippen LogP contribution is -1.98. The number of benzene rings is 2. The van der Waals surface area contributed by atoms with Gasteiger partial charge in [-0.1, -0.05) is 13.8 Å². The minimum atomic E-state index is -4.21. The minimum Gasteiger partial charge on any atom is -0.508 e. The van der Waals surface area contributed by atoms with E-state index in [2.05, 4.69) is 22.6 Å². The van der Waals surface area contributed by atoms with Gasteiger partial charge in [-0.05, 0) is 64.9 Å². The molecule has 2 aromatic rings. The summed E-state index contributed by atoms with van der Waals surface area (Å²) in [5.74, 6) is 1.92. The average molecular weight is 464 g/mol. The molecule has 8 heteroatoms. The summed E-state index contributed by atoms with van der Waals surface area (Å²) >= 11 is 2.05. The van der Waals surface area contributed by atoms with Crippen molar-refractivity contribution in [3.8, 4) is 23.0 Å². The van der Waals surface area contributed by atoms with E-state index >= 15 is 0 Å². The van der Waals surface area contributed by atoms with Crippen molar-refractivity contribution < 1.29 is 28.9 Å². The van der Waals surface area contributed by atoms with Crippen LogP contribution in [0.15, 0.2) is 36.4 Å². The van der Waals surface area contributed by atoms with Crippen molar-refractivity contribution in [3.63, 3.8) is 0 Å². The molecule has 24 heavy (non-hydrogen) atoms. The fourth-order valence-electron chi connectivity index (χ4n) is 2.00. The van der Waals surface area contributed by atoms with Crippen molar-refractivity contribution >= 4 is 30.2 Å². The zero-order chi connectivity index (χ0) is 17.9. The van der Waals surface area contributed by atoms with Crippen molar-refractivity contribution in [2.75, 3.05) is 6.35 Å². The van der Waals surface area contributed by atoms with Gasteiger partial charge in [0.2, 0.25) is 0 Å². The van der Waals surface area contributed by atoms with Gasteiger partial charge in [-0.15, -0.1) is 0 Å². The summed E-state index contributed by atoms with van der Waals surface area (Å²) in [5.41, 5.74) is 0.795. The van der Waals surface area contributed by atoms with Crippen molar-refractivity contribution in [2.45, 2.75) is 19.8 Å². The van der Waals surface area contributed by atoms with E-state index in [1.54, 1.807) is 36.4 Å². The van der Waals surface area contributed by atoms with E-state index in [0.717, 1.165) is 9.13 Å². The van der Waals surface area contributed by atoms with Crippen LogP contribution in [0.5, 0.6) is 23.0 Å². The largest absolute Gasteiger partial charge is 0.508 e. The van der Waals surface area contributed by atoms with Gasteiger partial charge >= 0.3 is 7.60 Å². The maximum absolute atomic E-state index is 10.8. The Morgan fingerprint density at radius 1 is 1.12 bits per heavy atom. The topological polar surface area (TPSA) is 96.2 Å². The number of phenolic OH excluding ortho intramolecular Hbond substituents is 1. The molecule has 0 atom stereocenters. The number of ether oxygens (including phenoxy) is 2. The Bertz CT molecular complexity index is 771. The highest BCUT2D eigenvalue weighted by molar-refractivity contribution is 14.1. The highest BCUT2D eigenvalue weighted by Gasteiger charge is 2.15. The Balaban J connectivity index is 2.16. The van der Waals surface area contributed by atoms with Crippen molar-refractivity contribution in [1.82, 2.24) is 0 Å². The molecule has 0 unspecified atom stereocenters. The van der Waals surface area contributed by atoms with Crippen LogP contribution in [-0.4, -0.2) is 21.2 Å². The van der Waals surface area contributed by atoms with Gasteiger partial charge in [0.25, 0.3) is 0 Å². The summed E-state index contributed by atoms with van der Waals surface area (Å²) in [6.45, 7) is 3.96.